The van der Waals surface area contributed by atoms with E-state index < -0.39 is 4.92 Å². The number of nitrogens with zero attached hydrogens (tertiary/aromatic N) is 2. The predicted molar refractivity (Wildman–Crippen MR) is 118 cm³/mol. The zero-order valence-electron chi connectivity index (χ0n) is 16.1. The molecule has 1 N–H and O–H groups in total. The van der Waals surface area contributed by atoms with Crippen LogP contribution in [-0.4, -0.2) is 15.8 Å². The summed E-state index contributed by atoms with van der Waals surface area (Å²) in [5.41, 5.74) is 3.58. The van der Waals surface area contributed by atoms with E-state index in [0.717, 1.165) is 22.2 Å². The molecule has 154 valence electrons. The van der Waals surface area contributed by atoms with Crippen LogP contribution in [0.2, 0.25) is 5.02 Å². The first-order valence-corrected chi connectivity index (χ1v) is 9.72. The van der Waals surface area contributed by atoms with Crippen LogP contribution < -0.4 is 5.32 Å². The van der Waals surface area contributed by atoms with Crippen molar-refractivity contribution in [3.05, 3.63) is 99.1 Å². The Labute approximate surface area is 182 Å². The maximum Gasteiger partial charge on any atom is 0.288 e. The van der Waals surface area contributed by atoms with E-state index in [2.05, 4.69) is 10.3 Å². The molecule has 0 unspecified atom stereocenters. The quantitative estimate of drug-likeness (QED) is 0.250. The zero-order chi connectivity index (χ0) is 21.8. The molecule has 1 amide bonds. The van der Waals surface area contributed by atoms with Gasteiger partial charge < -0.3 is 9.73 Å². The number of oxazole rings is 1. The standard InChI is InChI=1S/C23H16ClN3O4/c24-18-11-7-15(13-20(18)27(29)30)8-12-22(28)25-14-16-5-9-17(10-6-16)23-26-19-3-1-2-4-21(19)31-23/h1-13H,14H2,(H,25,28). The number of carbonyl (C=O) groups is 1. The summed E-state index contributed by atoms with van der Waals surface area (Å²) in [6, 6.07) is 19.4. The summed E-state index contributed by atoms with van der Waals surface area (Å²) in [5, 5.41) is 13.8. The summed E-state index contributed by atoms with van der Waals surface area (Å²) in [7, 11) is 0. The molecule has 0 saturated carbocycles. The minimum absolute atomic E-state index is 0.0490. The van der Waals surface area contributed by atoms with E-state index in [1.807, 2.05) is 48.5 Å². The second-order valence-electron chi connectivity index (χ2n) is 6.70. The third-order valence-electron chi connectivity index (χ3n) is 4.56. The smallest absolute Gasteiger partial charge is 0.288 e. The Bertz CT molecular complexity index is 1260. The number of rotatable bonds is 6. The van der Waals surface area contributed by atoms with Crippen molar-refractivity contribution in [1.29, 1.82) is 0 Å². The van der Waals surface area contributed by atoms with Crippen molar-refractivity contribution >= 4 is 40.4 Å². The first kappa shape index (κ1) is 20.3. The lowest BCUT2D eigenvalue weighted by molar-refractivity contribution is -0.384. The fourth-order valence-corrected chi connectivity index (χ4v) is 3.14. The van der Waals surface area contributed by atoms with Gasteiger partial charge in [-0.3, -0.25) is 14.9 Å². The molecular formula is C23H16ClN3O4. The maximum atomic E-state index is 12.1. The van der Waals surface area contributed by atoms with Crippen LogP contribution in [-0.2, 0) is 11.3 Å². The van der Waals surface area contributed by atoms with E-state index in [4.69, 9.17) is 16.0 Å². The first-order chi connectivity index (χ1) is 15.0. The lowest BCUT2D eigenvalue weighted by atomic mass is 10.1. The van der Waals surface area contributed by atoms with Gasteiger partial charge in [0.15, 0.2) is 5.58 Å². The number of carbonyl (C=O) groups excluding carboxylic acids is 1. The van der Waals surface area contributed by atoms with Crippen molar-refractivity contribution in [3.63, 3.8) is 0 Å². The van der Waals surface area contributed by atoms with Crippen LogP contribution in [0.4, 0.5) is 5.69 Å². The number of para-hydroxylation sites is 2. The van der Waals surface area contributed by atoms with Crippen molar-refractivity contribution in [2.45, 2.75) is 6.54 Å². The van der Waals surface area contributed by atoms with E-state index >= 15 is 0 Å². The number of fused-ring (bicyclic) bond motifs is 1. The van der Waals surface area contributed by atoms with Crippen molar-refractivity contribution in [2.75, 3.05) is 0 Å². The molecule has 0 aliphatic carbocycles. The van der Waals surface area contributed by atoms with Crippen LogP contribution in [0.1, 0.15) is 11.1 Å². The average molecular weight is 434 g/mol. The highest BCUT2D eigenvalue weighted by Gasteiger charge is 2.12. The number of hydrogen-bond donors (Lipinski definition) is 1. The van der Waals surface area contributed by atoms with E-state index in [0.29, 0.717) is 18.0 Å². The normalized spacial score (nSPS) is 11.1. The number of nitrogens with one attached hydrogen (secondary N) is 1. The number of amides is 1. The van der Waals surface area contributed by atoms with Gasteiger partial charge in [-0.05, 0) is 47.5 Å². The Morgan fingerprint density at radius 2 is 1.90 bits per heavy atom. The topological polar surface area (TPSA) is 98.3 Å². The molecule has 8 heteroatoms. The van der Waals surface area contributed by atoms with Crippen molar-refractivity contribution in [2.24, 2.45) is 0 Å². The number of nitro groups is 1. The molecule has 4 rings (SSSR count). The van der Waals surface area contributed by atoms with Gasteiger partial charge in [-0.1, -0.05) is 41.9 Å². The largest absolute Gasteiger partial charge is 0.436 e. The van der Waals surface area contributed by atoms with Gasteiger partial charge in [-0.2, -0.15) is 0 Å². The van der Waals surface area contributed by atoms with E-state index in [-0.39, 0.29) is 16.6 Å². The summed E-state index contributed by atoms with van der Waals surface area (Å²) in [6.07, 6.45) is 2.81. The van der Waals surface area contributed by atoms with Gasteiger partial charge in [0.25, 0.3) is 5.69 Å². The minimum Gasteiger partial charge on any atom is -0.436 e. The summed E-state index contributed by atoms with van der Waals surface area (Å²) in [4.78, 5) is 26.9. The molecule has 31 heavy (non-hydrogen) atoms. The highest BCUT2D eigenvalue weighted by molar-refractivity contribution is 6.32. The highest BCUT2D eigenvalue weighted by Crippen LogP contribution is 2.26. The Kier molecular flexibility index (Phi) is 5.77. The third-order valence-corrected chi connectivity index (χ3v) is 4.88. The van der Waals surface area contributed by atoms with E-state index in [1.165, 1.54) is 24.3 Å². The molecule has 0 aliphatic rings. The summed E-state index contributed by atoms with van der Waals surface area (Å²) >= 11 is 5.79. The molecular weight excluding hydrogens is 418 g/mol. The van der Waals surface area contributed by atoms with Gasteiger partial charge in [0.1, 0.15) is 10.5 Å². The van der Waals surface area contributed by atoms with Gasteiger partial charge >= 0.3 is 0 Å². The Hall–Kier alpha value is -3.97. The SMILES string of the molecule is O=C(C=Cc1ccc(Cl)c([N+](=O)[O-])c1)NCc1ccc(-c2nc3ccccc3o2)cc1. The molecule has 0 aliphatic heterocycles. The van der Waals surface area contributed by atoms with Crippen LogP contribution in [0.25, 0.3) is 28.6 Å². The molecule has 1 heterocycles. The van der Waals surface area contributed by atoms with E-state index in [1.54, 1.807) is 6.07 Å². The van der Waals surface area contributed by atoms with Crippen LogP contribution >= 0.6 is 11.6 Å². The number of nitro benzene ring substituents is 1. The van der Waals surface area contributed by atoms with Crippen molar-refractivity contribution in [3.8, 4) is 11.5 Å². The monoisotopic (exact) mass is 433 g/mol. The molecule has 0 atom stereocenters. The molecule has 4 aromatic rings. The molecule has 7 nitrogen and oxygen atoms in total. The Morgan fingerprint density at radius 1 is 1.13 bits per heavy atom. The molecule has 0 fully saturated rings. The van der Waals surface area contributed by atoms with Crippen LogP contribution in [0.15, 0.2) is 77.2 Å². The summed E-state index contributed by atoms with van der Waals surface area (Å²) in [5.74, 6) is 0.220. The van der Waals surface area contributed by atoms with Gasteiger partial charge in [-0.15, -0.1) is 0 Å². The molecule has 3 aromatic carbocycles. The lowest BCUT2D eigenvalue weighted by Gasteiger charge is -2.03. The molecule has 0 bridgehead atoms. The summed E-state index contributed by atoms with van der Waals surface area (Å²) in [6.45, 7) is 0.331. The molecule has 0 spiro atoms. The number of aromatic nitrogens is 1. The number of halogens is 1. The van der Waals surface area contributed by atoms with Crippen molar-refractivity contribution in [1.82, 2.24) is 10.3 Å². The fraction of sp³-hybridized carbons (Fsp3) is 0.0435. The third kappa shape index (κ3) is 4.79. The van der Waals surface area contributed by atoms with Gasteiger partial charge in [0.05, 0.1) is 4.92 Å². The average Bonchev–Trinajstić information content (AvgIpc) is 3.21. The summed E-state index contributed by atoms with van der Waals surface area (Å²) < 4.78 is 5.76. The van der Waals surface area contributed by atoms with Crippen LogP contribution in [0.3, 0.4) is 0 Å². The lowest BCUT2D eigenvalue weighted by Crippen LogP contribution is -2.20. The van der Waals surface area contributed by atoms with Crippen LogP contribution in [0.5, 0.6) is 0 Å². The first-order valence-electron chi connectivity index (χ1n) is 9.34. The minimum atomic E-state index is -0.565. The second kappa shape index (κ2) is 8.81. The zero-order valence-corrected chi connectivity index (χ0v) is 16.9. The highest BCUT2D eigenvalue weighted by atomic mass is 35.5. The maximum absolute atomic E-state index is 12.1. The fourth-order valence-electron chi connectivity index (χ4n) is 2.95. The Balaban J connectivity index is 1.37. The van der Waals surface area contributed by atoms with Gasteiger partial charge in [0, 0.05) is 24.3 Å². The number of hydrogen-bond acceptors (Lipinski definition) is 5. The van der Waals surface area contributed by atoms with Crippen LogP contribution in [0, 0.1) is 10.1 Å². The molecule has 1 aromatic heterocycles. The van der Waals surface area contributed by atoms with Gasteiger partial charge in [-0.25, -0.2) is 4.98 Å². The molecule has 0 radical (unpaired) electrons. The van der Waals surface area contributed by atoms with E-state index in [9.17, 15) is 14.9 Å². The second-order valence-corrected chi connectivity index (χ2v) is 7.11. The molecule has 0 saturated heterocycles. The predicted octanol–water partition coefficient (Wildman–Crippen LogP) is 5.39. The Morgan fingerprint density at radius 3 is 2.65 bits per heavy atom. The van der Waals surface area contributed by atoms with Crippen molar-refractivity contribution < 1.29 is 14.1 Å². The number of benzene rings is 3. The van der Waals surface area contributed by atoms with Gasteiger partial charge in [0.2, 0.25) is 11.8 Å².